The van der Waals surface area contributed by atoms with Crippen LogP contribution in [0.2, 0.25) is 0 Å². The van der Waals surface area contributed by atoms with E-state index < -0.39 is 0 Å². The molecular formula is C19H20N6O2. The van der Waals surface area contributed by atoms with Crippen molar-refractivity contribution >= 4 is 5.91 Å². The molecule has 138 valence electrons. The van der Waals surface area contributed by atoms with Crippen molar-refractivity contribution in [2.75, 3.05) is 6.54 Å². The van der Waals surface area contributed by atoms with Crippen LogP contribution in [0.1, 0.15) is 40.9 Å². The summed E-state index contributed by atoms with van der Waals surface area (Å²) in [5.41, 5.74) is 1.49. The minimum atomic E-state index is -0.139. The summed E-state index contributed by atoms with van der Waals surface area (Å²) in [4.78, 5) is 31.9. The van der Waals surface area contributed by atoms with Crippen LogP contribution >= 0.6 is 0 Å². The van der Waals surface area contributed by atoms with Gasteiger partial charge < -0.3 is 14.2 Å². The number of aryl methyl sites for hydroxylation is 2. The zero-order chi connectivity index (χ0) is 18.8. The van der Waals surface area contributed by atoms with Crippen molar-refractivity contribution < 1.29 is 9.53 Å². The predicted molar refractivity (Wildman–Crippen MR) is 97.3 cm³/mol. The average Bonchev–Trinajstić information content (AvgIpc) is 3.32. The molecule has 0 spiro atoms. The lowest BCUT2D eigenvalue weighted by atomic mass is 10.1. The van der Waals surface area contributed by atoms with Crippen LogP contribution in [0.15, 0.2) is 43.1 Å². The molecule has 4 heterocycles. The molecule has 3 aromatic rings. The van der Waals surface area contributed by atoms with Gasteiger partial charge >= 0.3 is 0 Å². The van der Waals surface area contributed by atoms with Gasteiger partial charge in [-0.15, -0.1) is 0 Å². The van der Waals surface area contributed by atoms with E-state index in [0.717, 1.165) is 18.5 Å². The lowest BCUT2D eigenvalue weighted by molar-refractivity contribution is 0.0716. The summed E-state index contributed by atoms with van der Waals surface area (Å²) < 4.78 is 7.57. The molecule has 27 heavy (non-hydrogen) atoms. The van der Waals surface area contributed by atoms with E-state index in [-0.39, 0.29) is 11.9 Å². The number of nitrogens with zero attached hydrogens (tertiary/aromatic N) is 6. The van der Waals surface area contributed by atoms with Crippen molar-refractivity contribution in [2.45, 2.75) is 25.8 Å². The number of ether oxygens (including phenoxy) is 1. The summed E-state index contributed by atoms with van der Waals surface area (Å²) in [7, 11) is 1.82. The zero-order valence-corrected chi connectivity index (χ0v) is 15.2. The van der Waals surface area contributed by atoms with Gasteiger partial charge in [0.25, 0.3) is 5.91 Å². The number of hydrogen-bond acceptors (Lipinski definition) is 6. The van der Waals surface area contributed by atoms with Gasteiger partial charge in [-0.05, 0) is 31.9 Å². The molecule has 1 amide bonds. The Morgan fingerprint density at radius 1 is 1.26 bits per heavy atom. The second kappa shape index (κ2) is 7.14. The fourth-order valence-electron chi connectivity index (χ4n) is 3.28. The van der Waals surface area contributed by atoms with Gasteiger partial charge in [0, 0.05) is 32.2 Å². The molecule has 0 aliphatic carbocycles. The van der Waals surface area contributed by atoms with Gasteiger partial charge in [-0.25, -0.2) is 9.97 Å². The van der Waals surface area contributed by atoms with Crippen LogP contribution in [0.5, 0.6) is 11.6 Å². The van der Waals surface area contributed by atoms with Gasteiger partial charge in [-0.1, -0.05) is 0 Å². The Hall–Kier alpha value is -3.29. The number of likely N-dealkylation sites (tertiary alicyclic amines) is 1. The maximum absolute atomic E-state index is 12.9. The van der Waals surface area contributed by atoms with E-state index in [0.29, 0.717) is 29.7 Å². The standard InChI is InChI=1S/C19H20N6O2/c1-13-16(6-3-7-21-13)27-17-12-20-11-14(23-17)15-5-4-9-25(15)19(26)18-22-8-10-24(18)2/h3,6-8,10-12,15H,4-5,9H2,1-2H3. The van der Waals surface area contributed by atoms with Gasteiger partial charge in [0.05, 0.1) is 29.8 Å². The Morgan fingerprint density at radius 2 is 2.15 bits per heavy atom. The van der Waals surface area contributed by atoms with E-state index in [1.165, 1.54) is 0 Å². The monoisotopic (exact) mass is 364 g/mol. The molecule has 4 rings (SSSR count). The Kier molecular flexibility index (Phi) is 4.53. The highest BCUT2D eigenvalue weighted by Gasteiger charge is 2.33. The summed E-state index contributed by atoms with van der Waals surface area (Å²) in [5.74, 6) is 1.35. The topological polar surface area (TPSA) is 86.0 Å². The molecule has 8 heteroatoms. The lowest BCUT2D eigenvalue weighted by Gasteiger charge is -2.24. The van der Waals surface area contributed by atoms with Crippen molar-refractivity contribution in [1.82, 2.24) is 29.4 Å². The van der Waals surface area contributed by atoms with Crippen LogP contribution < -0.4 is 4.74 Å². The highest BCUT2D eigenvalue weighted by molar-refractivity contribution is 5.91. The minimum Gasteiger partial charge on any atom is -0.436 e. The number of pyridine rings is 1. The van der Waals surface area contributed by atoms with Gasteiger partial charge in [0.15, 0.2) is 11.6 Å². The van der Waals surface area contributed by atoms with Crippen LogP contribution in [0.25, 0.3) is 0 Å². The zero-order valence-electron chi connectivity index (χ0n) is 15.2. The first-order valence-corrected chi connectivity index (χ1v) is 8.83. The number of aromatic nitrogens is 5. The lowest BCUT2D eigenvalue weighted by Crippen LogP contribution is -2.32. The molecular weight excluding hydrogens is 344 g/mol. The first kappa shape index (κ1) is 17.1. The van der Waals surface area contributed by atoms with Gasteiger partial charge in [0.2, 0.25) is 5.88 Å². The SMILES string of the molecule is Cc1ncccc1Oc1cncc(C2CCCN2C(=O)c2nccn2C)n1. The highest BCUT2D eigenvalue weighted by Crippen LogP contribution is 2.33. The molecule has 0 aromatic carbocycles. The van der Waals surface area contributed by atoms with E-state index >= 15 is 0 Å². The second-order valence-electron chi connectivity index (χ2n) is 6.49. The molecule has 8 nitrogen and oxygen atoms in total. The van der Waals surface area contributed by atoms with Crippen LogP contribution in [0, 0.1) is 6.92 Å². The first-order chi connectivity index (χ1) is 13.1. The van der Waals surface area contributed by atoms with Gasteiger partial charge in [-0.3, -0.25) is 14.8 Å². The predicted octanol–water partition coefficient (Wildman–Crippen LogP) is 2.68. The van der Waals surface area contributed by atoms with Crippen molar-refractivity contribution in [1.29, 1.82) is 0 Å². The van der Waals surface area contributed by atoms with Crippen molar-refractivity contribution in [2.24, 2.45) is 7.05 Å². The number of hydrogen-bond donors (Lipinski definition) is 0. The maximum atomic E-state index is 12.9. The van der Waals surface area contributed by atoms with Crippen molar-refractivity contribution in [3.8, 4) is 11.6 Å². The van der Waals surface area contributed by atoms with E-state index in [9.17, 15) is 4.79 Å². The Morgan fingerprint density at radius 3 is 2.93 bits per heavy atom. The van der Waals surface area contributed by atoms with E-state index in [2.05, 4.69) is 19.9 Å². The van der Waals surface area contributed by atoms with E-state index in [4.69, 9.17) is 4.74 Å². The van der Waals surface area contributed by atoms with E-state index in [1.54, 1.807) is 35.6 Å². The molecule has 1 atom stereocenters. The summed E-state index contributed by atoms with van der Waals surface area (Å²) in [6, 6.07) is 3.51. The molecule has 1 aliphatic rings. The van der Waals surface area contributed by atoms with Crippen molar-refractivity contribution in [3.05, 3.63) is 60.3 Å². The third-order valence-electron chi connectivity index (χ3n) is 4.67. The summed E-state index contributed by atoms with van der Waals surface area (Å²) in [6.45, 7) is 2.54. The smallest absolute Gasteiger partial charge is 0.290 e. The Labute approximate surface area is 156 Å². The summed E-state index contributed by atoms with van der Waals surface area (Å²) in [6.07, 6.45) is 10.1. The highest BCUT2D eigenvalue weighted by atomic mass is 16.5. The molecule has 1 saturated heterocycles. The molecule has 0 bridgehead atoms. The van der Waals surface area contributed by atoms with Crippen LogP contribution in [0.4, 0.5) is 0 Å². The number of carbonyl (C=O) groups excluding carboxylic acids is 1. The van der Waals surface area contributed by atoms with Crippen LogP contribution in [0.3, 0.4) is 0 Å². The maximum Gasteiger partial charge on any atom is 0.290 e. The number of carbonyl (C=O) groups is 1. The van der Waals surface area contributed by atoms with Gasteiger partial charge in [-0.2, -0.15) is 0 Å². The van der Waals surface area contributed by atoms with E-state index in [1.807, 2.05) is 31.0 Å². The molecule has 3 aromatic heterocycles. The van der Waals surface area contributed by atoms with Gasteiger partial charge in [0.1, 0.15) is 0 Å². The fraction of sp³-hybridized carbons (Fsp3) is 0.316. The molecule has 1 fully saturated rings. The minimum absolute atomic E-state index is 0.0961. The third-order valence-corrected chi connectivity index (χ3v) is 4.67. The van der Waals surface area contributed by atoms with Crippen LogP contribution in [-0.4, -0.2) is 41.9 Å². The molecule has 1 unspecified atom stereocenters. The number of amides is 1. The quantitative estimate of drug-likeness (QED) is 0.707. The molecule has 0 N–H and O–H groups in total. The second-order valence-corrected chi connectivity index (χ2v) is 6.49. The fourth-order valence-corrected chi connectivity index (χ4v) is 3.28. The largest absolute Gasteiger partial charge is 0.436 e. The Balaban J connectivity index is 1.58. The normalized spacial score (nSPS) is 16.5. The summed E-state index contributed by atoms with van der Waals surface area (Å²) in [5, 5.41) is 0. The number of rotatable bonds is 4. The van der Waals surface area contributed by atoms with Crippen molar-refractivity contribution in [3.63, 3.8) is 0 Å². The molecule has 0 saturated carbocycles. The third kappa shape index (κ3) is 3.38. The number of imidazole rings is 1. The Bertz CT molecular complexity index is 970. The first-order valence-electron chi connectivity index (χ1n) is 8.83. The summed E-state index contributed by atoms with van der Waals surface area (Å²) >= 11 is 0. The average molecular weight is 364 g/mol. The van der Waals surface area contributed by atoms with Crippen LogP contribution in [-0.2, 0) is 7.05 Å². The molecule has 0 radical (unpaired) electrons. The molecule has 1 aliphatic heterocycles.